The molecule has 0 aliphatic carbocycles. The van der Waals surface area contributed by atoms with Gasteiger partial charge in [0.15, 0.2) is 5.66 Å². The first kappa shape index (κ1) is 24.4. The van der Waals surface area contributed by atoms with E-state index in [1.165, 1.54) is 24.9 Å². The van der Waals surface area contributed by atoms with E-state index in [-0.39, 0.29) is 5.75 Å². The summed E-state index contributed by atoms with van der Waals surface area (Å²) in [4.78, 5) is 29.4. The van der Waals surface area contributed by atoms with Crippen molar-refractivity contribution in [2.75, 3.05) is 26.1 Å². The van der Waals surface area contributed by atoms with Crippen molar-refractivity contribution in [2.45, 2.75) is 58.0 Å². The molecule has 168 valence electrons. The highest BCUT2D eigenvalue weighted by Crippen LogP contribution is 2.33. The van der Waals surface area contributed by atoms with Crippen LogP contribution < -0.4 is 21.4 Å². The number of thioether (sulfide) groups is 1. The quantitative estimate of drug-likeness (QED) is 0.501. The molecule has 0 bridgehead atoms. The first-order valence-corrected chi connectivity index (χ1v) is 11.0. The number of amides is 1. The second-order valence-corrected chi connectivity index (χ2v) is 7.94. The topological polar surface area (TPSA) is 125 Å². The molecule has 0 radical (unpaired) electrons. The zero-order valence-electron chi connectivity index (χ0n) is 18.1. The van der Waals surface area contributed by atoms with Gasteiger partial charge in [0.1, 0.15) is 16.6 Å². The van der Waals surface area contributed by atoms with Gasteiger partial charge in [-0.1, -0.05) is 13.3 Å². The Morgan fingerprint density at radius 3 is 2.60 bits per heavy atom. The number of ether oxygens (including phenoxy) is 3. The molecule has 0 fully saturated rings. The van der Waals surface area contributed by atoms with Gasteiger partial charge in [0.2, 0.25) is 5.79 Å². The number of carbonyl (C=O) groups is 1. The number of carbonyl (C=O) groups excluding carboxylic acids is 1. The summed E-state index contributed by atoms with van der Waals surface area (Å²) >= 11 is 1.33. The molecule has 0 unspecified atom stereocenters. The van der Waals surface area contributed by atoms with E-state index in [0.29, 0.717) is 36.2 Å². The molecule has 1 aromatic rings. The fourth-order valence-corrected chi connectivity index (χ4v) is 4.27. The predicted octanol–water partition coefficient (Wildman–Crippen LogP) is 2.20. The summed E-state index contributed by atoms with van der Waals surface area (Å²) in [6.45, 7) is 8.29. The van der Waals surface area contributed by atoms with Gasteiger partial charge in [0.05, 0.1) is 19.2 Å². The van der Waals surface area contributed by atoms with Crippen LogP contribution in [-0.4, -0.2) is 48.5 Å². The van der Waals surface area contributed by atoms with Crippen molar-refractivity contribution in [2.24, 2.45) is 10.7 Å². The molecule has 1 aromatic heterocycles. The lowest BCUT2D eigenvalue weighted by atomic mass is 10.1. The second-order valence-electron chi connectivity index (χ2n) is 6.97. The van der Waals surface area contributed by atoms with Crippen molar-refractivity contribution in [3.63, 3.8) is 0 Å². The summed E-state index contributed by atoms with van der Waals surface area (Å²) in [6.07, 6.45) is 1.30. The molecule has 0 aromatic carbocycles. The lowest BCUT2D eigenvalue weighted by Gasteiger charge is -2.28. The van der Waals surface area contributed by atoms with Crippen molar-refractivity contribution in [1.82, 2.24) is 5.32 Å². The highest BCUT2D eigenvalue weighted by molar-refractivity contribution is 8.14. The number of nitrogens with two attached hydrogens (primary N) is 1. The van der Waals surface area contributed by atoms with Gasteiger partial charge in [-0.3, -0.25) is 10.5 Å². The van der Waals surface area contributed by atoms with Crippen molar-refractivity contribution >= 4 is 22.7 Å². The van der Waals surface area contributed by atoms with Gasteiger partial charge in [0, 0.05) is 25.0 Å². The van der Waals surface area contributed by atoms with E-state index in [4.69, 9.17) is 24.4 Å². The van der Waals surface area contributed by atoms with E-state index < -0.39 is 29.0 Å². The summed E-state index contributed by atoms with van der Waals surface area (Å²) in [7, 11) is 1.46. The van der Waals surface area contributed by atoms with Crippen LogP contribution in [0.5, 0.6) is 5.75 Å². The van der Waals surface area contributed by atoms with E-state index in [1.807, 2.05) is 20.8 Å². The minimum absolute atomic E-state index is 0.241. The molecule has 30 heavy (non-hydrogen) atoms. The highest BCUT2D eigenvalue weighted by Gasteiger charge is 2.46. The molecular weight excluding hydrogens is 410 g/mol. The molecule has 10 heteroatoms. The fourth-order valence-electron chi connectivity index (χ4n) is 3.11. The Balaban J connectivity index is 2.26. The second kappa shape index (κ2) is 10.4. The number of hydrogen-bond donors (Lipinski definition) is 2. The van der Waals surface area contributed by atoms with Crippen molar-refractivity contribution < 1.29 is 23.4 Å². The molecule has 0 spiro atoms. The van der Waals surface area contributed by atoms with Gasteiger partial charge < -0.3 is 23.9 Å². The summed E-state index contributed by atoms with van der Waals surface area (Å²) < 4.78 is 21.9. The normalized spacial score (nSPS) is 20.0. The molecular formula is C20H31N3O6S. The first-order chi connectivity index (χ1) is 14.2. The van der Waals surface area contributed by atoms with E-state index in [2.05, 4.69) is 10.3 Å². The van der Waals surface area contributed by atoms with Crippen LogP contribution in [-0.2, 0) is 14.3 Å². The number of hydrogen-bond acceptors (Lipinski definition) is 9. The van der Waals surface area contributed by atoms with E-state index in [1.54, 1.807) is 13.0 Å². The molecule has 1 aliphatic rings. The monoisotopic (exact) mass is 441 g/mol. The maximum atomic E-state index is 13.1. The maximum Gasteiger partial charge on any atom is 0.339 e. The SMILES string of the molecule is CCC[C@@H](NC(=O)[C@]1(N)CSC(C(C)(OCC)OCC)=N1)c1cc(OC)cc(=O)o1. The van der Waals surface area contributed by atoms with Crippen molar-refractivity contribution in [1.29, 1.82) is 0 Å². The van der Waals surface area contributed by atoms with Crippen LogP contribution in [0.3, 0.4) is 0 Å². The van der Waals surface area contributed by atoms with Gasteiger partial charge in [-0.2, -0.15) is 0 Å². The number of aliphatic imine (C=N–C) groups is 1. The van der Waals surface area contributed by atoms with Crippen LogP contribution >= 0.6 is 11.8 Å². The largest absolute Gasteiger partial charge is 0.496 e. The molecule has 3 N–H and O–H groups in total. The lowest BCUT2D eigenvalue weighted by molar-refractivity contribution is -0.169. The van der Waals surface area contributed by atoms with E-state index in [9.17, 15) is 9.59 Å². The molecule has 2 rings (SSSR count). The van der Waals surface area contributed by atoms with Crippen LogP contribution in [0.4, 0.5) is 0 Å². The predicted molar refractivity (Wildman–Crippen MR) is 116 cm³/mol. The zero-order valence-corrected chi connectivity index (χ0v) is 19.0. The van der Waals surface area contributed by atoms with Crippen LogP contribution in [0.15, 0.2) is 26.3 Å². The van der Waals surface area contributed by atoms with Gasteiger partial charge in [0.25, 0.3) is 5.91 Å². The highest BCUT2D eigenvalue weighted by atomic mass is 32.2. The van der Waals surface area contributed by atoms with Gasteiger partial charge in [-0.15, -0.1) is 11.8 Å². The Bertz CT molecular complexity index is 821. The summed E-state index contributed by atoms with van der Waals surface area (Å²) in [5.41, 5.74) is 4.30. The van der Waals surface area contributed by atoms with Crippen LogP contribution in [0.2, 0.25) is 0 Å². The number of nitrogens with one attached hydrogen (secondary N) is 1. The Labute approximate surface area is 180 Å². The maximum absolute atomic E-state index is 13.1. The standard InChI is InChI=1S/C20H31N3O6S/c1-6-9-14(15-10-13(26-5)11-16(24)29-15)22-17(25)20(21)12-30-18(23-20)19(4,27-7-2)28-8-3/h10-11,14H,6-9,12,21H2,1-5H3,(H,22,25)/t14-,20+/m1/s1. The number of nitrogens with zero attached hydrogens (tertiary/aromatic N) is 1. The third-order valence-electron chi connectivity index (χ3n) is 4.58. The van der Waals surface area contributed by atoms with Gasteiger partial charge in [-0.25, -0.2) is 9.79 Å². The molecule has 0 saturated heterocycles. The Hall–Kier alpha value is -1.88. The molecule has 1 amide bonds. The summed E-state index contributed by atoms with van der Waals surface area (Å²) in [6, 6.07) is 2.29. The van der Waals surface area contributed by atoms with Crippen molar-refractivity contribution in [3.8, 4) is 5.75 Å². The van der Waals surface area contributed by atoms with E-state index >= 15 is 0 Å². The zero-order chi connectivity index (χ0) is 22.4. The Morgan fingerprint density at radius 1 is 1.37 bits per heavy atom. The molecule has 2 heterocycles. The summed E-state index contributed by atoms with van der Waals surface area (Å²) in [5.74, 6) is -0.617. The van der Waals surface area contributed by atoms with E-state index in [0.717, 1.165) is 6.42 Å². The average molecular weight is 442 g/mol. The third kappa shape index (κ3) is 5.63. The number of methoxy groups -OCH3 is 1. The summed E-state index contributed by atoms with van der Waals surface area (Å²) in [5, 5.41) is 3.39. The molecule has 2 atom stereocenters. The van der Waals surface area contributed by atoms with Crippen LogP contribution in [0, 0.1) is 0 Å². The lowest BCUT2D eigenvalue weighted by Crippen LogP contribution is -2.54. The first-order valence-electron chi connectivity index (χ1n) is 10.0. The Kier molecular flexibility index (Phi) is 8.48. The van der Waals surface area contributed by atoms with Crippen LogP contribution in [0.1, 0.15) is 52.3 Å². The molecule has 9 nitrogen and oxygen atoms in total. The fraction of sp³-hybridized carbons (Fsp3) is 0.650. The smallest absolute Gasteiger partial charge is 0.339 e. The van der Waals surface area contributed by atoms with Crippen LogP contribution in [0.25, 0.3) is 0 Å². The van der Waals surface area contributed by atoms with Gasteiger partial charge >= 0.3 is 5.63 Å². The average Bonchev–Trinajstić information content (AvgIpc) is 3.12. The minimum atomic E-state index is -1.49. The van der Waals surface area contributed by atoms with Crippen molar-refractivity contribution in [3.05, 3.63) is 28.3 Å². The third-order valence-corrected chi connectivity index (χ3v) is 5.90. The Morgan fingerprint density at radius 2 is 2.03 bits per heavy atom. The molecule has 0 saturated carbocycles. The van der Waals surface area contributed by atoms with Gasteiger partial charge in [-0.05, 0) is 27.2 Å². The molecule has 1 aliphatic heterocycles. The number of rotatable bonds is 11. The minimum Gasteiger partial charge on any atom is -0.496 e.